The summed E-state index contributed by atoms with van der Waals surface area (Å²) >= 11 is 1.30. The fourth-order valence-corrected chi connectivity index (χ4v) is 3.08. The molecule has 0 saturated heterocycles. The van der Waals surface area contributed by atoms with Gasteiger partial charge in [-0.2, -0.15) is 0 Å². The molecule has 0 atom stereocenters. The Morgan fingerprint density at radius 2 is 1.67 bits per heavy atom. The Labute approximate surface area is 144 Å². The van der Waals surface area contributed by atoms with Gasteiger partial charge in [0.1, 0.15) is 16.5 Å². The van der Waals surface area contributed by atoms with Crippen molar-refractivity contribution in [2.45, 2.75) is 20.8 Å². The number of rotatable bonds is 7. The Hall–Kier alpha value is -2.54. The molecule has 0 aliphatic heterocycles. The lowest BCUT2D eigenvalue weighted by Gasteiger charge is -2.11. The average molecular weight is 348 g/mol. The first-order chi connectivity index (χ1) is 11.4. The summed E-state index contributed by atoms with van der Waals surface area (Å²) in [6.07, 6.45) is 0. The summed E-state index contributed by atoms with van der Waals surface area (Å²) in [5.41, 5.74) is 6.03. The molecule has 1 aromatic heterocycles. The lowest BCUT2D eigenvalue weighted by molar-refractivity contribution is 0.100. The largest absolute Gasteiger partial charge is 0.494 e. The summed E-state index contributed by atoms with van der Waals surface area (Å²) in [6, 6.07) is 6.65. The number of carbonyl (C=O) groups excluding carboxylic acids is 2. The molecular weight excluding hydrogens is 328 g/mol. The molecule has 0 radical (unpaired) electrons. The van der Waals surface area contributed by atoms with E-state index in [1.165, 1.54) is 11.3 Å². The zero-order chi connectivity index (χ0) is 17.7. The van der Waals surface area contributed by atoms with Crippen LogP contribution in [0.3, 0.4) is 0 Å². The molecule has 7 heteroatoms. The fourth-order valence-electron chi connectivity index (χ4n) is 2.17. The summed E-state index contributed by atoms with van der Waals surface area (Å²) < 4.78 is 10.9. The molecule has 2 amide bonds. The Kier molecular flexibility index (Phi) is 5.81. The smallest absolute Gasteiger partial charge is 0.256 e. The molecule has 0 spiro atoms. The number of nitrogens with two attached hydrogens (primary N) is 1. The highest BCUT2D eigenvalue weighted by molar-refractivity contribution is 7.16. The third-order valence-electron chi connectivity index (χ3n) is 3.11. The van der Waals surface area contributed by atoms with E-state index in [9.17, 15) is 9.59 Å². The van der Waals surface area contributed by atoms with Gasteiger partial charge in [-0.1, -0.05) is 0 Å². The highest BCUT2D eigenvalue weighted by atomic mass is 32.1. The zero-order valence-corrected chi connectivity index (χ0v) is 14.7. The van der Waals surface area contributed by atoms with E-state index in [0.29, 0.717) is 40.8 Å². The number of anilines is 1. The van der Waals surface area contributed by atoms with Crippen LogP contribution < -0.4 is 20.5 Å². The van der Waals surface area contributed by atoms with Crippen molar-refractivity contribution < 1.29 is 19.1 Å². The second-order valence-corrected chi connectivity index (χ2v) is 6.23. The number of amides is 2. The maximum absolute atomic E-state index is 12.5. The predicted octanol–water partition coefficient (Wildman–Crippen LogP) is 3.21. The van der Waals surface area contributed by atoms with Gasteiger partial charge in [-0.15, -0.1) is 11.3 Å². The van der Waals surface area contributed by atoms with Gasteiger partial charge in [0.15, 0.2) is 0 Å². The van der Waals surface area contributed by atoms with Gasteiger partial charge in [-0.05, 0) is 39.0 Å². The minimum atomic E-state index is -0.576. The van der Waals surface area contributed by atoms with Crippen LogP contribution in [-0.2, 0) is 0 Å². The van der Waals surface area contributed by atoms with Crippen LogP contribution in [-0.4, -0.2) is 25.0 Å². The number of hydrogen-bond acceptors (Lipinski definition) is 5. The van der Waals surface area contributed by atoms with Gasteiger partial charge in [0.2, 0.25) is 0 Å². The van der Waals surface area contributed by atoms with Crippen molar-refractivity contribution >= 4 is 28.2 Å². The van der Waals surface area contributed by atoms with Crippen LogP contribution in [0.15, 0.2) is 24.3 Å². The minimum absolute atomic E-state index is 0.303. The Morgan fingerprint density at radius 1 is 1.08 bits per heavy atom. The molecule has 2 rings (SSSR count). The second-order valence-electron chi connectivity index (χ2n) is 4.98. The number of nitrogens with one attached hydrogen (secondary N) is 1. The van der Waals surface area contributed by atoms with E-state index in [-0.39, 0.29) is 5.91 Å². The number of carbonyl (C=O) groups is 2. The predicted molar refractivity (Wildman–Crippen MR) is 94.3 cm³/mol. The Morgan fingerprint density at radius 3 is 2.17 bits per heavy atom. The van der Waals surface area contributed by atoms with Gasteiger partial charge in [0.25, 0.3) is 11.8 Å². The standard InChI is InChI=1S/C17H20N2O4S/c1-4-22-12-7-11(8-13(9-12)23-5-2)16(21)19-17-14(15(18)20)6-10(3)24-17/h6-9H,4-5H2,1-3H3,(H2,18,20)(H,19,21). The van der Waals surface area contributed by atoms with Gasteiger partial charge in [-0.25, -0.2) is 0 Å². The minimum Gasteiger partial charge on any atom is -0.494 e. The lowest BCUT2D eigenvalue weighted by atomic mass is 10.2. The third kappa shape index (κ3) is 4.26. The number of benzene rings is 1. The van der Waals surface area contributed by atoms with Crippen LogP contribution in [0.4, 0.5) is 5.00 Å². The molecule has 6 nitrogen and oxygen atoms in total. The quantitative estimate of drug-likeness (QED) is 0.804. The first-order valence-corrected chi connectivity index (χ1v) is 8.38. The monoisotopic (exact) mass is 348 g/mol. The molecule has 0 unspecified atom stereocenters. The maximum Gasteiger partial charge on any atom is 0.256 e. The third-order valence-corrected chi connectivity index (χ3v) is 4.08. The molecule has 2 aromatic rings. The summed E-state index contributed by atoms with van der Waals surface area (Å²) in [4.78, 5) is 24.9. The van der Waals surface area contributed by atoms with E-state index in [1.54, 1.807) is 24.3 Å². The molecule has 0 saturated carbocycles. The van der Waals surface area contributed by atoms with Crippen molar-refractivity contribution in [2.75, 3.05) is 18.5 Å². The van der Waals surface area contributed by atoms with E-state index >= 15 is 0 Å². The normalized spacial score (nSPS) is 10.3. The summed E-state index contributed by atoms with van der Waals surface area (Å²) in [5.74, 6) is 0.159. The number of hydrogen-bond donors (Lipinski definition) is 2. The second kappa shape index (κ2) is 7.83. The van der Waals surface area contributed by atoms with E-state index in [1.807, 2.05) is 20.8 Å². The van der Waals surface area contributed by atoms with Crippen molar-refractivity contribution in [3.8, 4) is 11.5 Å². The molecule has 24 heavy (non-hydrogen) atoms. The van der Waals surface area contributed by atoms with Crippen molar-refractivity contribution in [3.63, 3.8) is 0 Å². The fraction of sp³-hybridized carbons (Fsp3) is 0.294. The molecule has 0 aliphatic carbocycles. The Balaban J connectivity index is 2.30. The summed E-state index contributed by atoms with van der Waals surface area (Å²) in [7, 11) is 0. The number of ether oxygens (including phenoxy) is 2. The van der Waals surface area contributed by atoms with Crippen LogP contribution in [0.25, 0.3) is 0 Å². The van der Waals surface area contributed by atoms with E-state index in [2.05, 4.69) is 5.32 Å². The highest BCUT2D eigenvalue weighted by Crippen LogP contribution is 2.29. The van der Waals surface area contributed by atoms with Crippen molar-refractivity contribution in [2.24, 2.45) is 5.73 Å². The first kappa shape index (κ1) is 17.8. The molecule has 0 bridgehead atoms. The van der Waals surface area contributed by atoms with Crippen LogP contribution in [0.5, 0.6) is 11.5 Å². The van der Waals surface area contributed by atoms with Gasteiger partial charge >= 0.3 is 0 Å². The Bertz CT molecular complexity index is 731. The maximum atomic E-state index is 12.5. The van der Waals surface area contributed by atoms with Crippen molar-refractivity contribution in [1.29, 1.82) is 0 Å². The van der Waals surface area contributed by atoms with Gasteiger partial charge in [-0.3, -0.25) is 9.59 Å². The number of aryl methyl sites for hydroxylation is 1. The van der Waals surface area contributed by atoms with Crippen molar-refractivity contribution in [1.82, 2.24) is 0 Å². The van der Waals surface area contributed by atoms with Crippen LogP contribution in [0.2, 0.25) is 0 Å². The topological polar surface area (TPSA) is 90.7 Å². The van der Waals surface area contributed by atoms with Gasteiger partial charge < -0.3 is 20.5 Å². The molecular formula is C17H20N2O4S. The van der Waals surface area contributed by atoms with Crippen molar-refractivity contribution in [3.05, 3.63) is 40.3 Å². The average Bonchev–Trinajstić information content (AvgIpc) is 2.88. The first-order valence-electron chi connectivity index (χ1n) is 7.56. The lowest BCUT2D eigenvalue weighted by Crippen LogP contribution is -2.16. The molecule has 0 fully saturated rings. The number of primary amides is 1. The van der Waals surface area contributed by atoms with Crippen LogP contribution in [0, 0.1) is 6.92 Å². The molecule has 128 valence electrons. The van der Waals surface area contributed by atoms with E-state index < -0.39 is 5.91 Å². The summed E-state index contributed by atoms with van der Waals surface area (Å²) in [6.45, 7) is 6.52. The summed E-state index contributed by atoms with van der Waals surface area (Å²) in [5, 5.41) is 3.17. The molecule has 1 heterocycles. The molecule has 0 aliphatic rings. The zero-order valence-electron chi connectivity index (χ0n) is 13.8. The van der Waals surface area contributed by atoms with Crippen LogP contribution in [0.1, 0.15) is 39.4 Å². The van der Waals surface area contributed by atoms with Gasteiger partial charge in [0, 0.05) is 16.5 Å². The number of thiophene rings is 1. The highest BCUT2D eigenvalue weighted by Gasteiger charge is 2.17. The van der Waals surface area contributed by atoms with E-state index in [0.717, 1.165) is 4.88 Å². The van der Waals surface area contributed by atoms with Crippen LogP contribution >= 0.6 is 11.3 Å². The molecule has 3 N–H and O–H groups in total. The van der Waals surface area contributed by atoms with Gasteiger partial charge in [0.05, 0.1) is 18.8 Å². The SMILES string of the molecule is CCOc1cc(OCC)cc(C(=O)Nc2sc(C)cc2C(N)=O)c1. The molecule has 1 aromatic carbocycles. The van der Waals surface area contributed by atoms with E-state index in [4.69, 9.17) is 15.2 Å².